The molecule has 0 aliphatic heterocycles. The lowest BCUT2D eigenvalue weighted by Gasteiger charge is -2.13. The van der Waals surface area contributed by atoms with Crippen molar-refractivity contribution < 1.29 is 0 Å². The Bertz CT molecular complexity index is 2960. The largest absolute Gasteiger partial charge is 0.310 e. The van der Waals surface area contributed by atoms with E-state index in [2.05, 4.69) is 172 Å². The fraction of sp³-hybridized carbons (Fsp3) is 0. The molecule has 0 saturated heterocycles. The van der Waals surface area contributed by atoms with E-state index in [4.69, 9.17) is 11.6 Å². The van der Waals surface area contributed by atoms with E-state index in [1.807, 2.05) is 24.3 Å². The van der Waals surface area contributed by atoms with Gasteiger partial charge in [0.05, 0.1) is 40.0 Å². The Hall–Kier alpha value is -7.22. The molecule has 4 nitrogen and oxygen atoms in total. The van der Waals surface area contributed by atoms with Crippen molar-refractivity contribution in [3.8, 4) is 45.0 Å². The first kappa shape index (κ1) is 29.7. The fourth-order valence-corrected chi connectivity index (χ4v) is 7.79. The summed E-state index contributed by atoms with van der Waals surface area (Å²) < 4.78 is 4.71. The van der Waals surface area contributed by atoms with Gasteiger partial charge in [0, 0.05) is 44.0 Å². The molecule has 0 amide bonds. The standard InChI is InChI=1S/C48H30N4/c1-49-36-19-13-21-38(31-36)51-45-25-11-9-23-41(45)47-46(51)27-26-40-39-22-8-10-24-44(39)52(48(40)47)37-20-12-18-34(28-37)43-30-35(32-14-4-2-5-15-32)29-42(50-43)33-16-6-3-7-17-33/h2-31H. The van der Waals surface area contributed by atoms with Gasteiger partial charge in [0.2, 0.25) is 0 Å². The highest BCUT2D eigenvalue weighted by Crippen LogP contribution is 2.42. The van der Waals surface area contributed by atoms with E-state index >= 15 is 0 Å². The number of para-hydroxylation sites is 2. The summed E-state index contributed by atoms with van der Waals surface area (Å²) in [5.41, 5.74) is 13.4. The van der Waals surface area contributed by atoms with Crippen LogP contribution in [-0.4, -0.2) is 14.1 Å². The highest BCUT2D eigenvalue weighted by molar-refractivity contribution is 6.26. The summed E-state index contributed by atoms with van der Waals surface area (Å²) in [6.45, 7) is 7.68. The van der Waals surface area contributed by atoms with Crippen LogP contribution < -0.4 is 0 Å². The number of pyridine rings is 1. The molecule has 0 fully saturated rings. The van der Waals surface area contributed by atoms with Crippen molar-refractivity contribution in [2.24, 2.45) is 0 Å². The predicted molar refractivity (Wildman–Crippen MR) is 215 cm³/mol. The Morgan fingerprint density at radius 1 is 0.404 bits per heavy atom. The van der Waals surface area contributed by atoms with Gasteiger partial charge in [-0.25, -0.2) is 9.83 Å². The molecule has 0 atom stereocenters. The van der Waals surface area contributed by atoms with E-state index in [1.54, 1.807) is 0 Å². The lowest BCUT2D eigenvalue weighted by molar-refractivity contribution is 1.17. The molecule has 0 aliphatic rings. The molecule has 0 aliphatic carbocycles. The number of hydrogen-bond acceptors (Lipinski definition) is 1. The van der Waals surface area contributed by atoms with Crippen molar-refractivity contribution in [1.82, 2.24) is 14.1 Å². The number of benzene rings is 7. The third kappa shape index (κ3) is 4.72. The minimum atomic E-state index is 0.621. The highest BCUT2D eigenvalue weighted by Gasteiger charge is 2.21. The van der Waals surface area contributed by atoms with Crippen LogP contribution in [0.15, 0.2) is 182 Å². The first-order valence-electron chi connectivity index (χ1n) is 17.4. The molecular formula is C48H30N4. The minimum Gasteiger partial charge on any atom is -0.310 e. The molecule has 10 rings (SSSR count). The first-order chi connectivity index (χ1) is 25.7. The van der Waals surface area contributed by atoms with Crippen LogP contribution in [0.2, 0.25) is 0 Å². The second-order valence-electron chi connectivity index (χ2n) is 13.1. The van der Waals surface area contributed by atoms with Gasteiger partial charge in [-0.2, -0.15) is 0 Å². The summed E-state index contributed by atoms with van der Waals surface area (Å²) in [6, 6.07) is 63.8. The van der Waals surface area contributed by atoms with Gasteiger partial charge in [0.25, 0.3) is 0 Å². The quantitative estimate of drug-likeness (QED) is 0.169. The van der Waals surface area contributed by atoms with Gasteiger partial charge in [-0.15, -0.1) is 0 Å². The lowest BCUT2D eigenvalue weighted by atomic mass is 10.00. The number of rotatable bonds is 5. The Morgan fingerprint density at radius 2 is 1.00 bits per heavy atom. The summed E-state index contributed by atoms with van der Waals surface area (Å²) in [4.78, 5) is 8.99. The molecule has 10 aromatic rings. The van der Waals surface area contributed by atoms with Crippen LogP contribution in [-0.2, 0) is 0 Å². The van der Waals surface area contributed by atoms with Crippen LogP contribution in [0.3, 0.4) is 0 Å². The van der Waals surface area contributed by atoms with Crippen LogP contribution >= 0.6 is 0 Å². The molecule has 0 bridgehead atoms. The van der Waals surface area contributed by atoms with Crippen molar-refractivity contribution in [3.63, 3.8) is 0 Å². The summed E-state index contributed by atoms with van der Waals surface area (Å²) in [7, 11) is 0. The molecule has 7 aromatic carbocycles. The Morgan fingerprint density at radius 3 is 1.75 bits per heavy atom. The van der Waals surface area contributed by atoms with Gasteiger partial charge in [-0.3, -0.25) is 0 Å². The SMILES string of the molecule is [C-]#[N+]c1cccc(-n2c3ccccc3c3c2ccc2c4ccccc4n(-c4cccc(-c5cc(-c6ccccc6)cc(-c6ccccc6)n5)c4)c23)c1. The molecule has 4 heteroatoms. The summed E-state index contributed by atoms with van der Waals surface area (Å²) in [5, 5.41) is 4.74. The number of hydrogen-bond donors (Lipinski definition) is 0. The smallest absolute Gasteiger partial charge is 0.189 e. The molecule has 3 aromatic heterocycles. The Kier molecular flexibility index (Phi) is 6.84. The fourth-order valence-electron chi connectivity index (χ4n) is 7.79. The Balaban J connectivity index is 1.25. The van der Waals surface area contributed by atoms with Crippen molar-refractivity contribution >= 4 is 49.3 Å². The molecule has 0 unspecified atom stereocenters. The van der Waals surface area contributed by atoms with Crippen LogP contribution in [0.1, 0.15) is 0 Å². The third-order valence-corrected chi connectivity index (χ3v) is 10.1. The average Bonchev–Trinajstić information content (AvgIpc) is 3.74. The second-order valence-corrected chi connectivity index (χ2v) is 13.1. The number of fused-ring (bicyclic) bond motifs is 7. The van der Waals surface area contributed by atoms with E-state index in [1.165, 1.54) is 21.5 Å². The zero-order valence-electron chi connectivity index (χ0n) is 28.1. The topological polar surface area (TPSA) is 27.1 Å². The first-order valence-corrected chi connectivity index (χ1v) is 17.4. The number of nitrogens with zero attached hydrogens (tertiary/aromatic N) is 4. The molecule has 0 radical (unpaired) electrons. The maximum absolute atomic E-state index is 7.68. The number of aromatic nitrogens is 3. The van der Waals surface area contributed by atoms with Crippen LogP contribution in [0.5, 0.6) is 0 Å². The maximum atomic E-state index is 7.68. The van der Waals surface area contributed by atoms with E-state index in [-0.39, 0.29) is 0 Å². The zero-order chi connectivity index (χ0) is 34.6. The van der Waals surface area contributed by atoms with E-state index in [0.717, 1.165) is 67.1 Å². The van der Waals surface area contributed by atoms with Gasteiger partial charge in [0.15, 0.2) is 5.69 Å². The Labute approximate surface area is 300 Å². The lowest BCUT2D eigenvalue weighted by Crippen LogP contribution is -1.97. The van der Waals surface area contributed by atoms with E-state index < -0.39 is 0 Å². The molecule has 0 spiro atoms. The van der Waals surface area contributed by atoms with Gasteiger partial charge in [-0.05, 0) is 65.7 Å². The van der Waals surface area contributed by atoms with Crippen LogP contribution in [0.4, 0.5) is 5.69 Å². The molecule has 242 valence electrons. The third-order valence-electron chi connectivity index (χ3n) is 10.1. The van der Waals surface area contributed by atoms with E-state index in [0.29, 0.717) is 5.69 Å². The van der Waals surface area contributed by atoms with Crippen molar-refractivity contribution in [2.45, 2.75) is 0 Å². The van der Waals surface area contributed by atoms with Gasteiger partial charge < -0.3 is 9.13 Å². The van der Waals surface area contributed by atoms with Crippen molar-refractivity contribution in [3.05, 3.63) is 193 Å². The van der Waals surface area contributed by atoms with Gasteiger partial charge in [-0.1, -0.05) is 127 Å². The molecular weight excluding hydrogens is 633 g/mol. The maximum Gasteiger partial charge on any atom is 0.189 e. The second kappa shape index (κ2) is 12.0. The van der Waals surface area contributed by atoms with Gasteiger partial charge >= 0.3 is 0 Å². The average molecular weight is 663 g/mol. The van der Waals surface area contributed by atoms with Crippen molar-refractivity contribution in [2.75, 3.05) is 0 Å². The van der Waals surface area contributed by atoms with E-state index in [9.17, 15) is 0 Å². The van der Waals surface area contributed by atoms with Crippen molar-refractivity contribution in [1.29, 1.82) is 0 Å². The molecule has 52 heavy (non-hydrogen) atoms. The monoisotopic (exact) mass is 662 g/mol. The zero-order valence-corrected chi connectivity index (χ0v) is 28.1. The van der Waals surface area contributed by atoms with Gasteiger partial charge in [0.1, 0.15) is 0 Å². The summed E-state index contributed by atoms with van der Waals surface area (Å²) >= 11 is 0. The van der Waals surface area contributed by atoms with Crippen LogP contribution in [0.25, 0.3) is 93.5 Å². The van der Waals surface area contributed by atoms with Crippen LogP contribution in [0, 0.1) is 6.57 Å². The minimum absolute atomic E-state index is 0.621. The normalized spacial score (nSPS) is 11.4. The summed E-state index contributed by atoms with van der Waals surface area (Å²) in [5.74, 6) is 0. The molecule has 0 saturated carbocycles. The predicted octanol–water partition coefficient (Wildman–Crippen LogP) is 12.8. The summed E-state index contributed by atoms with van der Waals surface area (Å²) in [6.07, 6.45) is 0. The molecule has 0 N–H and O–H groups in total. The highest BCUT2D eigenvalue weighted by atomic mass is 15.0. The molecule has 3 heterocycles.